The second-order valence-electron chi connectivity index (χ2n) is 4.41. The number of pyridine rings is 1. The fraction of sp³-hybridized carbons (Fsp3) is 0.200. The largest absolute Gasteiger partial charge is 0.354 e. The molecule has 0 radical (unpaired) electrons. The highest BCUT2D eigenvalue weighted by atomic mass is 14.9. The molecule has 0 aliphatic carbocycles. The molecule has 1 heterocycles. The van der Waals surface area contributed by atoms with Gasteiger partial charge in [-0.3, -0.25) is 0 Å². The predicted octanol–water partition coefficient (Wildman–Crippen LogP) is 3.82. The minimum atomic E-state index is 0.428. The van der Waals surface area contributed by atoms with Gasteiger partial charge in [-0.2, -0.15) is 5.26 Å². The minimum Gasteiger partial charge on any atom is -0.354 e. The Kier molecular flexibility index (Phi) is 3.59. The highest BCUT2D eigenvalue weighted by Gasteiger charge is 2.05. The summed E-state index contributed by atoms with van der Waals surface area (Å²) in [5.41, 5.74) is 3.67. The van der Waals surface area contributed by atoms with E-state index in [1.165, 1.54) is 5.56 Å². The molecule has 0 spiro atoms. The maximum atomic E-state index is 8.70. The Bertz CT molecular complexity index is 565. The molecule has 18 heavy (non-hydrogen) atoms. The van der Waals surface area contributed by atoms with Crippen molar-refractivity contribution in [2.75, 3.05) is 5.32 Å². The highest BCUT2D eigenvalue weighted by molar-refractivity contribution is 5.63. The Labute approximate surface area is 107 Å². The van der Waals surface area contributed by atoms with Crippen molar-refractivity contribution in [1.82, 2.24) is 4.98 Å². The predicted molar refractivity (Wildman–Crippen MR) is 72.8 cm³/mol. The Balaban J connectivity index is 2.26. The number of aromatic nitrogens is 1. The van der Waals surface area contributed by atoms with E-state index < -0.39 is 0 Å². The standard InChI is InChI=1S/C15H15N3/c1-11(2)14-5-3-4-6-15(14)18-13-8-7-12(9-16)17-10-13/h3-8,10-11,18H,1-2H3. The first-order chi connectivity index (χ1) is 8.70. The zero-order valence-electron chi connectivity index (χ0n) is 10.5. The van der Waals surface area contributed by atoms with Crippen LogP contribution in [-0.2, 0) is 0 Å². The van der Waals surface area contributed by atoms with Crippen LogP contribution >= 0.6 is 0 Å². The van der Waals surface area contributed by atoms with Crippen LogP contribution in [0, 0.1) is 11.3 Å². The third-order valence-corrected chi connectivity index (χ3v) is 2.74. The van der Waals surface area contributed by atoms with Gasteiger partial charge in [0.2, 0.25) is 0 Å². The third-order valence-electron chi connectivity index (χ3n) is 2.74. The van der Waals surface area contributed by atoms with Gasteiger partial charge in [-0.25, -0.2) is 4.98 Å². The van der Waals surface area contributed by atoms with E-state index in [1.807, 2.05) is 30.3 Å². The van der Waals surface area contributed by atoms with E-state index in [9.17, 15) is 0 Å². The van der Waals surface area contributed by atoms with Crippen LogP contribution in [0.4, 0.5) is 11.4 Å². The number of benzene rings is 1. The van der Waals surface area contributed by atoms with Crippen molar-refractivity contribution in [3.8, 4) is 6.07 Å². The van der Waals surface area contributed by atoms with Crippen molar-refractivity contribution >= 4 is 11.4 Å². The molecule has 3 heteroatoms. The van der Waals surface area contributed by atoms with Gasteiger partial charge in [-0.05, 0) is 29.7 Å². The van der Waals surface area contributed by atoms with Gasteiger partial charge in [0.25, 0.3) is 0 Å². The molecule has 0 amide bonds. The van der Waals surface area contributed by atoms with Crippen molar-refractivity contribution in [3.05, 3.63) is 53.9 Å². The summed E-state index contributed by atoms with van der Waals surface area (Å²) in [4.78, 5) is 4.04. The third kappa shape index (κ3) is 2.67. The summed E-state index contributed by atoms with van der Waals surface area (Å²) in [5, 5.41) is 12.0. The van der Waals surface area contributed by atoms with Crippen LogP contribution in [0.2, 0.25) is 0 Å². The zero-order valence-corrected chi connectivity index (χ0v) is 10.5. The molecule has 0 unspecified atom stereocenters. The van der Waals surface area contributed by atoms with Gasteiger partial charge in [-0.15, -0.1) is 0 Å². The second-order valence-corrected chi connectivity index (χ2v) is 4.41. The maximum Gasteiger partial charge on any atom is 0.140 e. The highest BCUT2D eigenvalue weighted by Crippen LogP contribution is 2.26. The van der Waals surface area contributed by atoms with Gasteiger partial charge in [0.15, 0.2) is 0 Å². The Morgan fingerprint density at radius 2 is 1.94 bits per heavy atom. The summed E-state index contributed by atoms with van der Waals surface area (Å²) in [6.45, 7) is 4.33. The van der Waals surface area contributed by atoms with Crippen molar-refractivity contribution in [2.24, 2.45) is 0 Å². The number of nitrogens with one attached hydrogen (secondary N) is 1. The van der Waals surface area contributed by atoms with E-state index >= 15 is 0 Å². The number of hydrogen-bond donors (Lipinski definition) is 1. The maximum absolute atomic E-state index is 8.70. The van der Waals surface area contributed by atoms with Crippen LogP contribution in [-0.4, -0.2) is 4.98 Å². The van der Waals surface area contributed by atoms with Crippen LogP contribution in [0.1, 0.15) is 31.0 Å². The molecule has 1 N–H and O–H groups in total. The first-order valence-corrected chi connectivity index (χ1v) is 5.93. The number of anilines is 2. The molecule has 0 fully saturated rings. The summed E-state index contributed by atoms with van der Waals surface area (Å²) < 4.78 is 0. The summed E-state index contributed by atoms with van der Waals surface area (Å²) in [6.07, 6.45) is 1.68. The van der Waals surface area contributed by atoms with Gasteiger partial charge in [-0.1, -0.05) is 32.0 Å². The lowest BCUT2D eigenvalue weighted by Gasteiger charge is -2.14. The van der Waals surface area contributed by atoms with Crippen LogP contribution < -0.4 is 5.32 Å². The lowest BCUT2D eigenvalue weighted by Crippen LogP contribution is -1.98. The van der Waals surface area contributed by atoms with E-state index in [0.717, 1.165) is 11.4 Å². The average molecular weight is 237 g/mol. The van der Waals surface area contributed by atoms with Gasteiger partial charge >= 0.3 is 0 Å². The van der Waals surface area contributed by atoms with Gasteiger partial charge in [0, 0.05) is 5.69 Å². The van der Waals surface area contributed by atoms with Crippen molar-refractivity contribution < 1.29 is 0 Å². The summed E-state index contributed by atoms with van der Waals surface area (Å²) in [6, 6.07) is 13.8. The number of nitrogens with zero attached hydrogens (tertiary/aromatic N) is 2. The molecular weight excluding hydrogens is 222 g/mol. The van der Waals surface area contributed by atoms with E-state index in [1.54, 1.807) is 12.3 Å². The molecule has 3 nitrogen and oxygen atoms in total. The fourth-order valence-electron chi connectivity index (χ4n) is 1.80. The smallest absolute Gasteiger partial charge is 0.140 e. The van der Waals surface area contributed by atoms with Crippen LogP contribution in [0.15, 0.2) is 42.6 Å². The molecule has 1 aromatic heterocycles. The molecule has 1 aromatic carbocycles. The van der Waals surface area contributed by atoms with Gasteiger partial charge < -0.3 is 5.32 Å². The normalized spacial score (nSPS) is 10.1. The van der Waals surface area contributed by atoms with E-state index in [-0.39, 0.29) is 0 Å². The molecule has 0 aliphatic rings. The van der Waals surface area contributed by atoms with Gasteiger partial charge in [0.1, 0.15) is 11.8 Å². The lowest BCUT2D eigenvalue weighted by molar-refractivity contribution is 0.869. The Hall–Kier alpha value is -2.34. The van der Waals surface area contributed by atoms with Crippen LogP contribution in [0.25, 0.3) is 0 Å². The molecule has 0 aliphatic heterocycles. The first-order valence-electron chi connectivity index (χ1n) is 5.93. The second kappa shape index (κ2) is 5.33. The zero-order chi connectivity index (χ0) is 13.0. The lowest BCUT2D eigenvalue weighted by atomic mass is 10.0. The van der Waals surface area contributed by atoms with Crippen molar-refractivity contribution in [3.63, 3.8) is 0 Å². The molecular formula is C15H15N3. The first kappa shape index (κ1) is 12.1. The Morgan fingerprint density at radius 1 is 1.17 bits per heavy atom. The Morgan fingerprint density at radius 3 is 2.56 bits per heavy atom. The van der Waals surface area contributed by atoms with Crippen molar-refractivity contribution in [2.45, 2.75) is 19.8 Å². The molecule has 2 aromatic rings. The van der Waals surface area contributed by atoms with E-state index in [4.69, 9.17) is 5.26 Å². The topological polar surface area (TPSA) is 48.7 Å². The van der Waals surface area contributed by atoms with Crippen LogP contribution in [0.3, 0.4) is 0 Å². The summed E-state index contributed by atoms with van der Waals surface area (Å²) in [7, 11) is 0. The molecule has 90 valence electrons. The summed E-state index contributed by atoms with van der Waals surface area (Å²) in [5.74, 6) is 0.458. The molecule has 2 rings (SSSR count). The molecule has 0 atom stereocenters. The number of nitriles is 1. The fourth-order valence-corrected chi connectivity index (χ4v) is 1.80. The number of para-hydroxylation sites is 1. The molecule has 0 bridgehead atoms. The average Bonchev–Trinajstić information content (AvgIpc) is 2.40. The SMILES string of the molecule is CC(C)c1ccccc1Nc1ccc(C#N)nc1. The van der Waals surface area contributed by atoms with Crippen molar-refractivity contribution in [1.29, 1.82) is 5.26 Å². The minimum absolute atomic E-state index is 0.428. The van der Waals surface area contributed by atoms with Gasteiger partial charge in [0.05, 0.1) is 11.9 Å². The van der Waals surface area contributed by atoms with E-state index in [2.05, 4.69) is 30.2 Å². The van der Waals surface area contributed by atoms with E-state index in [0.29, 0.717) is 11.6 Å². The monoisotopic (exact) mass is 237 g/mol. The summed E-state index contributed by atoms with van der Waals surface area (Å²) >= 11 is 0. The van der Waals surface area contributed by atoms with Crippen LogP contribution in [0.5, 0.6) is 0 Å². The molecule has 0 saturated heterocycles. The molecule has 0 saturated carbocycles. The number of hydrogen-bond acceptors (Lipinski definition) is 3. The quantitative estimate of drug-likeness (QED) is 0.882. The number of rotatable bonds is 3.